The van der Waals surface area contributed by atoms with Gasteiger partial charge in [0.25, 0.3) is 0 Å². The van der Waals surface area contributed by atoms with Gasteiger partial charge in [0.05, 0.1) is 5.56 Å². The highest BCUT2D eigenvalue weighted by Crippen LogP contribution is 2.36. The van der Waals surface area contributed by atoms with Crippen LogP contribution in [0.15, 0.2) is 24.3 Å². The summed E-state index contributed by atoms with van der Waals surface area (Å²) < 4.78 is 0. The molecule has 26 heavy (non-hydrogen) atoms. The maximum Gasteiger partial charge on any atom is 0.249 e. The molecule has 6 heteroatoms. The number of nitriles is 1. The van der Waals surface area contributed by atoms with Crippen LogP contribution in [0.25, 0.3) is 6.08 Å². The largest absolute Gasteiger partial charge is 0.313 e. The first kappa shape index (κ1) is 19.0. The maximum absolute atomic E-state index is 12.3. The summed E-state index contributed by atoms with van der Waals surface area (Å²) in [6.45, 7) is 0. The smallest absolute Gasteiger partial charge is 0.249 e. The predicted molar refractivity (Wildman–Crippen MR) is 109 cm³/mol. The number of rotatable bonds is 3. The van der Waals surface area contributed by atoms with Crippen molar-refractivity contribution in [1.29, 1.82) is 5.26 Å². The molecular weight excluding hydrogens is 387 g/mol. The molecule has 0 radical (unpaired) electrons. The number of nitrogens with one attached hydrogen (secondary N) is 1. The van der Waals surface area contributed by atoms with Gasteiger partial charge in [0, 0.05) is 26.6 Å². The van der Waals surface area contributed by atoms with Gasteiger partial charge in [-0.05, 0) is 49.5 Å². The SMILES string of the molecule is N#Cc1c(NC(=O)C=Cc2c(Cl)cccc2Cl)sc2c1CCCCCC2. The van der Waals surface area contributed by atoms with Crippen molar-refractivity contribution in [2.75, 3.05) is 5.32 Å². The van der Waals surface area contributed by atoms with E-state index in [0.29, 0.717) is 26.2 Å². The molecule has 0 spiro atoms. The molecule has 0 unspecified atom stereocenters. The van der Waals surface area contributed by atoms with E-state index in [4.69, 9.17) is 23.2 Å². The normalized spacial score (nSPS) is 14.3. The quantitative estimate of drug-likeness (QED) is 0.615. The summed E-state index contributed by atoms with van der Waals surface area (Å²) in [6, 6.07) is 7.47. The van der Waals surface area contributed by atoms with Gasteiger partial charge in [-0.15, -0.1) is 11.3 Å². The number of halogens is 2. The average molecular weight is 405 g/mol. The molecule has 1 aromatic heterocycles. The van der Waals surface area contributed by atoms with E-state index in [1.54, 1.807) is 24.3 Å². The van der Waals surface area contributed by atoms with Crippen molar-refractivity contribution in [3.63, 3.8) is 0 Å². The van der Waals surface area contributed by atoms with Crippen molar-refractivity contribution < 1.29 is 4.79 Å². The van der Waals surface area contributed by atoms with Crippen LogP contribution in [0.3, 0.4) is 0 Å². The Morgan fingerprint density at radius 2 is 1.85 bits per heavy atom. The van der Waals surface area contributed by atoms with Gasteiger partial charge in [-0.25, -0.2) is 0 Å². The van der Waals surface area contributed by atoms with Gasteiger partial charge in [-0.1, -0.05) is 42.1 Å². The Morgan fingerprint density at radius 1 is 1.15 bits per heavy atom. The summed E-state index contributed by atoms with van der Waals surface area (Å²) in [6.07, 6.45) is 9.53. The number of benzene rings is 1. The fourth-order valence-electron chi connectivity index (χ4n) is 3.11. The number of hydrogen-bond acceptors (Lipinski definition) is 3. The third-order valence-corrected chi connectivity index (χ3v) is 6.29. The number of amides is 1. The molecule has 3 nitrogen and oxygen atoms in total. The second kappa shape index (κ2) is 8.73. The molecule has 0 atom stereocenters. The first-order valence-corrected chi connectivity index (χ1v) is 10.1. The molecule has 0 aliphatic heterocycles. The van der Waals surface area contributed by atoms with Gasteiger partial charge >= 0.3 is 0 Å². The van der Waals surface area contributed by atoms with E-state index < -0.39 is 0 Å². The van der Waals surface area contributed by atoms with Crippen LogP contribution in [0.5, 0.6) is 0 Å². The lowest BCUT2D eigenvalue weighted by molar-refractivity contribution is -0.111. The zero-order chi connectivity index (χ0) is 18.5. The molecule has 0 saturated carbocycles. The van der Waals surface area contributed by atoms with Crippen molar-refractivity contribution in [2.45, 2.75) is 38.5 Å². The standard InChI is InChI=1S/C20H18Cl2N2OS/c21-16-7-5-8-17(22)14(16)10-11-19(25)24-20-15(12-23)13-6-3-1-2-4-9-18(13)26-20/h5,7-8,10-11H,1-4,6,9H2,(H,24,25). The molecule has 1 N–H and O–H groups in total. The summed E-state index contributed by atoms with van der Waals surface area (Å²) >= 11 is 13.7. The summed E-state index contributed by atoms with van der Waals surface area (Å²) in [7, 11) is 0. The van der Waals surface area contributed by atoms with E-state index in [9.17, 15) is 10.1 Å². The first-order valence-electron chi connectivity index (χ1n) is 8.58. The van der Waals surface area contributed by atoms with Crippen molar-refractivity contribution in [2.24, 2.45) is 0 Å². The minimum Gasteiger partial charge on any atom is -0.313 e. The summed E-state index contributed by atoms with van der Waals surface area (Å²) in [4.78, 5) is 13.6. The van der Waals surface area contributed by atoms with E-state index in [0.717, 1.165) is 31.2 Å². The van der Waals surface area contributed by atoms with Crippen LogP contribution in [-0.4, -0.2) is 5.91 Å². The van der Waals surface area contributed by atoms with E-state index in [-0.39, 0.29) is 5.91 Å². The topological polar surface area (TPSA) is 52.9 Å². The van der Waals surface area contributed by atoms with Crippen molar-refractivity contribution in [3.05, 3.63) is 55.9 Å². The van der Waals surface area contributed by atoms with Gasteiger partial charge < -0.3 is 5.32 Å². The molecule has 2 aromatic rings. The zero-order valence-corrected chi connectivity index (χ0v) is 16.5. The molecule has 1 amide bonds. The molecule has 1 aromatic carbocycles. The van der Waals surface area contributed by atoms with Crippen LogP contribution in [0.4, 0.5) is 5.00 Å². The third-order valence-electron chi connectivity index (χ3n) is 4.42. The van der Waals surface area contributed by atoms with E-state index in [2.05, 4.69) is 11.4 Å². The number of aryl methyl sites for hydroxylation is 1. The van der Waals surface area contributed by atoms with E-state index in [1.807, 2.05) is 0 Å². The van der Waals surface area contributed by atoms with E-state index >= 15 is 0 Å². The number of thiophene rings is 1. The lowest BCUT2D eigenvalue weighted by Gasteiger charge is -2.08. The summed E-state index contributed by atoms with van der Waals surface area (Å²) in [5.74, 6) is -0.299. The van der Waals surface area contributed by atoms with Crippen LogP contribution < -0.4 is 5.32 Å². The fourth-order valence-corrected chi connectivity index (χ4v) is 4.87. The highest BCUT2D eigenvalue weighted by molar-refractivity contribution is 7.16. The molecule has 134 valence electrons. The molecule has 0 bridgehead atoms. The van der Waals surface area contributed by atoms with Gasteiger partial charge in [-0.3, -0.25) is 4.79 Å². The van der Waals surface area contributed by atoms with E-state index in [1.165, 1.54) is 35.1 Å². The number of nitrogens with zero attached hydrogens (tertiary/aromatic N) is 1. The Morgan fingerprint density at radius 3 is 2.54 bits per heavy atom. The van der Waals surface area contributed by atoms with Gasteiger partial charge in [0.15, 0.2) is 0 Å². The van der Waals surface area contributed by atoms with Gasteiger partial charge in [0.2, 0.25) is 5.91 Å². The van der Waals surface area contributed by atoms with Crippen LogP contribution >= 0.6 is 34.5 Å². The summed E-state index contributed by atoms with van der Waals surface area (Å²) in [5, 5.41) is 14.0. The number of carbonyl (C=O) groups is 1. The highest BCUT2D eigenvalue weighted by Gasteiger charge is 2.20. The molecule has 1 aliphatic rings. The lowest BCUT2D eigenvalue weighted by atomic mass is 9.97. The Labute approximate surface area is 167 Å². The van der Waals surface area contributed by atoms with Crippen LogP contribution in [0.1, 0.15) is 47.3 Å². The average Bonchev–Trinajstić information content (AvgIpc) is 2.90. The fraction of sp³-hybridized carbons (Fsp3) is 0.300. The second-order valence-electron chi connectivity index (χ2n) is 6.19. The Bertz CT molecular complexity index is 876. The minimum absolute atomic E-state index is 0.299. The predicted octanol–water partition coefficient (Wildman–Crippen LogP) is 6.24. The Hall–Kier alpha value is -1.80. The summed E-state index contributed by atoms with van der Waals surface area (Å²) in [5.41, 5.74) is 2.33. The Balaban J connectivity index is 1.80. The number of anilines is 1. The molecule has 3 rings (SSSR count). The monoisotopic (exact) mass is 404 g/mol. The number of carbonyl (C=O) groups excluding carboxylic acids is 1. The van der Waals surface area contributed by atoms with Crippen LogP contribution in [0, 0.1) is 11.3 Å². The molecular formula is C20H18Cl2N2OS. The molecule has 0 saturated heterocycles. The van der Waals surface area contributed by atoms with Gasteiger partial charge in [0.1, 0.15) is 11.1 Å². The Kier molecular flexibility index (Phi) is 6.37. The van der Waals surface area contributed by atoms with Crippen LogP contribution in [-0.2, 0) is 17.6 Å². The second-order valence-corrected chi connectivity index (χ2v) is 8.11. The maximum atomic E-state index is 12.3. The number of fused-ring (bicyclic) bond motifs is 1. The van der Waals surface area contributed by atoms with Crippen molar-refractivity contribution >= 4 is 51.5 Å². The van der Waals surface area contributed by atoms with Gasteiger partial charge in [-0.2, -0.15) is 5.26 Å². The molecule has 0 fully saturated rings. The third kappa shape index (κ3) is 4.29. The zero-order valence-electron chi connectivity index (χ0n) is 14.1. The van der Waals surface area contributed by atoms with Crippen LogP contribution in [0.2, 0.25) is 10.0 Å². The first-order chi connectivity index (χ1) is 12.6. The lowest BCUT2D eigenvalue weighted by Crippen LogP contribution is -2.07. The molecule has 1 heterocycles. The molecule has 1 aliphatic carbocycles. The minimum atomic E-state index is -0.299. The number of hydrogen-bond donors (Lipinski definition) is 1. The van der Waals surface area contributed by atoms with Crippen molar-refractivity contribution in [3.8, 4) is 6.07 Å². The van der Waals surface area contributed by atoms with Crippen molar-refractivity contribution in [1.82, 2.24) is 0 Å². The highest BCUT2D eigenvalue weighted by atomic mass is 35.5.